The van der Waals surface area contributed by atoms with Gasteiger partial charge in [-0.3, -0.25) is 14.4 Å². The Morgan fingerprint density at radius 2 is 1.69 bits per heavy atom. The third-order valence-electron chi connectivity index (χ3n) is 5.36. The molecule has 6 heteroatoms. The van der Waals surface area contributed by atoms with E-state index < -0.39 is 23.8 Å². The number of allylic oxidation sites excluding steroid dienone is 1. The summed E-state index contributed by atoms with van der Waals surface area (Å²) < 4.78 is 9.81. The molecule has 0 saturated heterocycles. The smallest absolute Gasteiger partial charge is 0.314 e. The molecule has 0 saturated carbocycles. The summed E-state index contributed by atoms with van der Waals surface area (Å²) in [4.78, 5) is 42.0. The van der Waals surface area contributed by atoms with E-state index in [1.165, 1.54) is 20.3 Å². The van der Waals surface area contributed by atoms with E-state index in [0.717, 1.165) is 11.1 Å². The van der Waals surface area contributed by atoms with E-state index in [9.17, 15) is 14.4 Å². The average Bonchev–Trinajstić information content (AvgIpc) is 3.15. The number of fused-ring (bicyclic) bond motifs is 1. The van der Waals surface area contributed by atoms with E-state index in [1.54, 1.807) is 19.9 Å². The van der Waals surface area contributed by atoms with E-state index in [-0.39, 0.29) is 5.78 Å². The third-order valence-corrected chi connectivity index (χ3v) is 5.36. The second-order valence-electron chi connectivity index (χ2n) is 7.01. The quantitative estimate of drug-likeness (QED) is 0.441. The summed E-state index contributed by atoms with van der Waals surface area (Å²) in [5.74, 6) is -2.68. The number of aromatic nitrogens is 1. The van der Waals surface area contributed by atoms with Crippen LogP contribution in [0.3, 0.4) is 0 Å². The number of nitrogens with zero attached hydrogens (tertiary/aromatic N) is 1. The van der Waals surface area contributed by atoms with Crippen LogP contribution in [0, 0.1) is 19.8 Å². The molecular weight excluding hydrogens is 370 g/mol. The maximum Gasteiger partial charge on any atom is 0.314 e. The molecule has 29 heavy (non-hydrogen) atoms. The zero-order chi connectivity index (χ0) is 21.1. The predicted molar refractivity (Wildman–Crippen MR) is 107 cm³/mol. The van der Waals surface area contributed by atoms with Crippen LogP contribution in [0.15, 0.2) is 36.4 Å². The Kier molecular flexibility index (Phi) is 5.92. The van der Waals surface area contributed by atoms with Gasteiger partial charge in [-0.25, -0.2) is 4.98 Å². The highest BCUT2D eigenvalue weighted by Gasteiger charge is 2.45. The van der Waals surface area contributed by atoms with E-state index in [0.29, 0.717) is 28.9 Å². The Balaban J connectivity index is 2.02. The molecule has 0 N–H and O–H groups in total. The van der Waals surface area contributed by atoms with Crippen LogP contribution in [0.4, 0.5) is 0 Å². The number of hydrogen-bond acceptors (Lipinski definition) is 6. The van der Waals surface area contributed by atoms with Crippen molar-refractivity contribution in [1.82, 2.24) is 4.98 Å². The zero-order valence-electron chi connectivity index (χ0n) is 16.9. The summed E-state index contributed by atoms with van der Waals surface area (Å²) in [6.07, 6.45) is 3.53. The topological polar surface area (TPSA) is 82.6 Å². The molecule has 3 rings (SSSR count). The first kappa shape index (κ1) is 20.5. The van der Waals surface area contributed by atoms with E-state index >= 15 is 0 Å². The lowest BCUT2D eigenvalue weighted by Crippen LogP contribution is -2.27. The second-order valence-corrected chi connectivity index (χ2v) is 7.01. The van der Waals surface area contributed by atoms with Crippen molar-refractivity contribution in [3.63, 3.8) is 0 Å². The molecule has 0 bridgehead atoms. The summed E-state index contributed by atoms with van der Waals surface area (Å²) in [6, 6.07) is 9.50. The maximum atomic E-state index is 12.8. The highest BCUT2D eigenvalue weighted by Crippen LogP contribution is 2.43. The van der Waals surface area contributed by atoms with Gasteiger partial charge in [0.2, 0.25) is 5.78 Å². The molecule has 1 aromatic carbocycles. The number of ketones is 1. The molecule has 0 fully saturated rings. The molecule has 0 aliphatic heterocycles. The van der Waals surface area contributed by atoms with Crippen LogP contribution in [0.5, 0.6) is 0 Å². The monoisotopic (exact) mass is 393 g/mol. The summed E-state index contributed by atoms with van der Waals surface area (Å²) >= 11 is 0. The normalized spacial score (nSPS) is 17.8. The van der Waals surface area contributed by atoms with Gasteiger partial charge in [0.05, 0.1) is 26.1 Å². The van der Waals surface area contributed by atoms with Crippen LogP contribution >= 0.6 is 0 Å². The van der Waals surface area contributed by atoms with Crippen LogP contribution in [0.2, 0.25) is 0 Å². The second kappa shape index (κ2) is 8.39. The molecule has 0 radical (unpaired) electrons. The number of aryl methyl sites for hydroxylation is 1. The van der Waals surface area contributed by atoms with E-state index in [4.69, 9.17) is 9.47 Å². The molecule has 1 aromatic heterocycles. The molecule has 1 aliphatic carbocycles. The minimum absolute atomic E-state index is 0.228. The van der Waals surface area contributed by atoms with Gasteiger partial charge in [-0.1, -0.05) is 36.4 Å². The SMILES string of the molecule is COC(=O)C1Cc2c(C)c(C(=O)/C=C/c3ccccc3)nc(C)c2C1C(=O)OC. The van der Waals surface area contributed by atoms with E-state index in [2.05, 4.69) is 4.98 Å². The molecule has 1 aliphatic rings. The molecule has 0 amide bonds. The van der Waals surface area contributed by atoms with Gasteiger partial charge in [-0.05, 0) is 48.6 Å². The third kappa shape index (κ3) is 3.83. The molecule has 0 spiro atoms. The first-order chi connectivity index (χ1) is 13.9. The van der Waals surface area contributed by atoms with Crippen LogP contribution < -0.4 is 0 Å². The minimum atomic E-state index is -0.780. The fourth-order valence-corrected chi connectivity index (χ4v) is 3.92. The Hall–Kier alpha value is -3.28. The number of benzene rings is 1. The fraction of sp³-hybridized carbons (Fsp3) is 0.304. The van der Waals surface area contributed by atoms with Crippen LogP contribution in [0.25, 0.3) is 6.08 Å². The van der Waals surface area contributed by atoms with Gasteiger partial charge < -0.3 is 9.47 Å². The first-order valence-corrected chi connectivity index (χ1v) is 9.32. The lowest BCUT2D eigenvalue weighted by Gasteiger charge is -2.17. The lowest BCUT2D eigenvalue weighted by atomic mass is 9.91. The fourth-order valence-electron chi connectivity index (χ4n) is 3.92. The largest absolute Gasteiger partial charge is 0.469 e. The number of hydrogen-bond donors (Lipinski definition) is 0. The predicted octanol–water partition coefficient (Wildman–Crippen LogP) is 3.20. The molecule has 6 nitrogen and oxygen atoms in total. The molecular formula is C23H23NO5. The Morgan fingerprint density at radius 1 is 1.03 bits per heavy atom. The van der Waals surface area contributed by atoms with Crippen LogP contribution in [-0.2, 0) is 25.5 Å². The molecule has 2 atom stereocenters. The van der Waals surface area contributed by atoms with E-state index in [1.807, 2.05) is 30.3 Å². The van der Waals surface area contributed by atoms with Crippen molar-refractivity contribution in [3.8, 4) is 0 Å². The average molecular weight is 393 g/mol. The van der Waals surface area contributed by atoms with Crippen molar-refractivity contribution in [3.05, 3.63) is 70.0 Å². The van der Waals surface area contributed by atoms with Gasteiger partial charge in [0.25, 0.3) is 0 Å². The maximum absolute atomic E-state index is 12.8. The summed E-state index contributed by atoms with van der Waals surface area (Å²) in [5, 5.41) is 0. The standard InChI is InChI=1S/C23H23NO5/c1-13-16-12-17(22(26)28-3)20(23(27)29-4)19(16)14(2)24-21(13)18(25)11-10-15-8-6-5-7-9-15/h5-11,17,20H,12H2,1-4H3/b11-10+. The lowest BCUT2D eigenvalue weighted by molar-refractivity contribution is -0.153. The minimum Gasteiger partial charge on any atom is -0.469 e. The van der Waals surface area contributed by atoms with Gasteiger partial charge in [0.1, 0.15) is 5.69 Å². The Morgan fingerprint density at radius 3 is 2.31 bits per heavy atom. The Bertz CT molecular complexity index is 994. The molecule has 1 heterocycles. The van der Waals surface area contributed by atoms with Gasteiger partial charge in [0.15, 0.2) is 0 Å². The number of esters is 2. The number of rotatable bonds is 5. The van der Waals surface area contributed by atoms with Gasteiger partial charge >= 0.3 is 11.9 Å². The Labute approximate surface area is 169 Å². The van der Waals surface area contributed by atoms with Crippen molar-refractivity contribution in [2.24, 2.45) is 5.92 Å². The van der Waals surface area contributed by atoms with Crippen molar-refractivity contribution in [2.45, 2.75) is 26.2 Å². The van der Waals surface area contributed by atoms with Crippen molar-refractivity contribution in [2.75, 3.05) is 14.2 Å². The number of ether oxygens (including phenoxy) is 2. The number of methoxy groups -OCH3 is 2. The first-order valence-electron chi connectivity index (χ1n) is 9.32. The summed E-state index contributed by atoms with van der Waals surface area (Å²) in [6.45, 7) is 3.54. The van der Waals surface area contributed by atoms with Crippen LogP contribution in [0.1, 0.15) is 44.4 Å². The summed E-state index contributed by atoms with van der Waals surface area (Å²) in [7, 11) is 2.58. The highest BCUT2D eigenvalue weighted by atomic mass is 16.5. The van der Waals surface area contributed by atoms with Crippen LogP contribution in [-0.4, -0.2) is 36.9 Å². The molecule has 2 unspecified atom stereocenters. The number of pyridine rings is 1. The van der Waals surface area contributed by atoms with Crippen molar-refractivity contribution in [1.29, 1.82) is 0 Å². The molecule has 150 valence electrons. The molecule has 2 aromatic rings. The number of carbonyl (C=O) groups excluding carboxylic acids is 3. The van der Waals surface area contributed by atoms with Crippen molar-refractivity contribution >= 4 is 23.8 Å². The van der Waals surface area contributed by atoms with Gasteiger partial charge in [-0.15, -0.1) is 0 Å². The van der Waals surface area contributed by atoms with Gasteiger partial charge in [0, 0.05) is 5.69 Å². The summed E-state index contributed by atoms with van der Waals surface area (Å²) in [5.41, 5.74) is 3.90. The zero-order valence-corrected chi connectivity index (χ0v) is 16.9. The van der Waals surface area contributed by atoms with Gasteiger partial charge in [-0.2, -0.15) is 0 Å². The van der Waals surface area contributed by atoms with Crippen molar-refractivity contribution < 1.29 is 23.9 Å². The highest BCUT2D eigenvalue weighted by molar-refractivity contribution is 6.07. The number of carbonyl (C=O) groups is 3.